The van der Waals surface area contributed by atoms with Crippen molar-refractivity contribution in [3.05, 3.63) is 69.8 Å². The van der Waals surface area contributed by atoms with Gasteiger partial charge in [0.25, 0.3) is 5.69 Å². The van der Waals surface area contributed by atoms with E-state index in [0.29, 0.717) is 12.1 Å². The fraction of sp³-hybridized carbons (Fsp3) is 0.0625. The summed E-state index contributed by atoms with van der Waals surface area (Å²) in [5.41, 5.74) is 1.60. The van der Waals surface area contributed by atoms with Crippen LogP contribution in [0.4, 0.5) is 11.7 Å². The van der Waals surface area contributed by atoms with Crippen molar-refractivity contribution in [1.82, 2.24) is 10.2 Å². The maximum atomic E-state index is 10.8. The summed E-state index contributed by atoms with van der Waals surface area (Å²) >= 11 is 0. The maximum absolute atomic E-state index is 10.8. The van der Waals surface area contributed by atoms with Crippen LogP contribution in [0, 0.1) is 10.1 Å². The fourth-order valence-electron chi connectivity index (χ4n) is 2.08. The first-order valence-corrected chi connectivity index (χ1v) is 7.17. The average Bonchev–Trinajstić information content (AvgIpc) is 3.09. The van der Waals surface area contributed by atoms with Crippen LogP contribution in [0.25, 0.3) is 11.5 Å². The average molecular weight is 340 g/mol. The van der Waals surface area contributed by atoms with Crippen LogP contribution in [0.3, 0.4) is 0 Å². The van der Waals surface area contributed by atoms with Crippen LogP contribution in [0.15, 0.2) is 52.9 Å². The Bertz CT molecular complexity index is 903. The van der Waals surface area contributed by atoms with Gasteiger partial charge in [-0.3, -0.25) is 10.1 Å². The molecule has 0 aliphatic carbocycles. The Labute approximate surface area is 141 Å². The van der Waals surface area contributed by atoms with Gasteiger partial charge in [-0.1, -0.05) is 17.2 Å². The highest BCUT2D eigenvalue weighted by atomic mass is 16.6. The number of hydrogen-bond donors (Lipinski definition) is 2. The van der Waals surface area contributed by atoms with E-state index < -0.39 is 10.9 Å². The van der Waals surface area contributed by atoms with Gasteiger partial charge in [0.15, 0.2) is 0 Å². The molecule has 25 heavy (non-hydrogen) atoms. The molecule has 0 saturated heterocycles. The van der Waals surface area contributed by atoms with Gasteiger partial charge in [0, 0.05) is 24.2 Å². The molecule has 0 unspecified atom stereocenters. The molecule has 0 aliphatic rings. The number of nitrogens with zero attached hydrogens (tertiary/aromatic N) is 3. The number of carboxylic acids is 1. The number of non-ortho nitro benzene ring substituents is 1. The Hall–Kier alpha value is -3.75. The highest BCUT2D eigenvalue weighted by Crippen LogP contribution is 2.22. The lowest BCUT2D eigenvalue weighted by atomic mass is 10.1. The van der Waals surface area contributed by atoms with E-state index in [4.69, 9.17) is 9.52 Å². The highest BCUT2D eigenvalue weighted by Gasteiger charge is 2.11. The summed E-state index contributed by atoms with van der Waals surface area (Å²) < 4.78 is 5.46. The topological polar surface area (TPSA) is 131 Å². The number of nitro benzene ring substituents is 1. The minimum Gasteiger partial charge on any atom is -0.478 e. The smallest absolute Gasteiger partial charge is 0.335 e. The normalized spacial score (nSPS) is 10.4. The van der Waals surface area contributed by atoms with Crippen molar-refractivity contribution in [2.45, 2.75) is 6.54 Å². The molecule has 0 radical (unpaired) electrons. The third kappa shape index (κ3) is 3.78. The molecule has 0 fully saturated rings. The number of carboxylic acid groups (broad SMARTS) is 1. The van der Waals surface area contributed by atoms with Crippen molar-refractivity contribution >= 4 is 17.7 Å². The number of nitrogens with one attached hydrogen (secondary N) is 1. The monoisotopic (exact) mass is 340 g/mol. The summed E-state index contributed by atoms with van der Waals surface area (Å²) in [5.74, 6) is -0.747. The quantitative estimate of drug-likeness (QED) is 0.517. The van der Waals surface area contributed by atoms with Crippen molar-refractivity contribution in [2.75, 3.05) is 5.32 Å². The Kier molecular flexibility index (Phi) is 4.38. The molecule has 1 aromatic heterocycles. The summed E-state index contributed by atoms with van der Waals surface area (Å²) in [4.78, 5) is 21.0. The second-order valence-electron chi connectivity index (χ2n) is 5.07. The van der Waals surface area contributed by atoms with Gasteiger partial charge >= 0.3 is 12.0 Å². The molecular formula is C16H12N4O5. The molecule has 2 aromatic carbocycles. The molecule has 3 aromatic rings. The molecular weight excluding hydrogens is 328 g/mol. The van der Waals surface area contributed by atoms with E-state index in [1.807, 2.05) is 0 Å². The van der Waals surface area contributed by atoms with Gasteiger partial charge in [-0.15, -0.1) is 5.10 Å². The van der Waals surface area contributed by atoms with E-state index >= 15 is 0 Å². The first-order chi connectivity index (χ1) is 12.0. The van der Waals surface area contributed by atoms with Crippen LogP contribution in [0.2, 0.25) is 0 Å². The zero-order valence-corrected chi connectivity index (χ0v) is 12.7. The summed E-state index contributed by atoms with van der Waals surface area (Å²) in [7, 11) is 0. The minimum absolute atomic E-state index is 0.0218. The van der Waals surface area contributed by atoms with Gasteiger partial charge in [-0.05, 0) is 29.8 Å². The standard InChI is InChI=1S/C16H12N4O5/c21-15(22)12-3-1-10(2-4-12)9-17-16-19-18-14(25-16)11-5-7-13(8-6-11)20(23)24/h1-8H,9H2,(H,17,19)(H,21,22). The second kappa shape index (κ2) is 6.79. The lowest BCUT2D eigenvalue weighted by molar-refractivity contribution is -0.384. The first kappa shape index (κ1) is 16.1. The predicted octanol–water partition coefficient (Wildman–Crippen LogP) is 2.96. The van der Waals surface area contributed by atoms with Crippen molar-refractivity contribution in [1.29, 1.82) is 0 Å². The maximum Gasteiger partial charge on any atom is 0.335 e. The van der Waals surface area contributed by atoms with E-state index in [9.17, 15) is 14.9 Å². The molecule has 0 aliphatic heterocycles. The molecule has 0 spiro atoms. The molecule has 9 heteroatoms. The number of carbonyl (C=O) groups is 1. The zero-order valence-electron chi connectivity index (χ0n) is 12.7. The van der Waals surface area contributed by atoms with E-state index in [2.05, 4.69) is 15.5 Å². The molecule has 1 heterocycles. The van der Waals surface area contributed by atoms with E-state index in [1.165, 1.54) is 36.4 Å². The SMILES string of the molecule is O=C(O)c1ccc(CNc2nnc(-c3ccc([N+](=O)[O-])cc3)o2)cc1. The van der Waals surface area contributed by atoms with E-state index in [0.717, 1.165) is 5.56 Å². The van der Waals surface area contributed by atoms with Gasteiger partial charge in [0.05, 0.1) is 10.5 Å². The largest absolute Gasteiger partial charge is 0.478 e. The van der Waals surface area contributed by atoms with Gasteiger partial charge in [0.2, 0.25) is 5.89 Å². The van der Waals surface area contributed by atoms with Crippen LogP contribution in [-0.2, 0) is 6.54 Å². The molecule has 126 valence electrons. The Morgan fingerprint density at radius 3 is 2.40 bits per heavy atom. The van der Waals surface area contributed by atoms with Crippen molar-refractivity contribution in [3.63, 3.8) is 0 Å². The van der Waals surface area contributed by atoms with Crippen LogP contribution in [-0.4, -0.2) is 26.2 Å². The summed E-state index contributed by atoms with van der Waals surface area (Å²) in [5, 5.41) is 30.2. The third-order valence-corrected chi connectivity index (χ3v) is 3.39. The summed E-state index contributed by atoms with van der Waals surface area (Å²) in [6.45, 7) is 0.377. The lowest BCUT2D eigenvalue weighted by Crippen LogP contribution is -2.01. The number of benzene rings is 2. The molecule has 0 amide bonds. The Balaban J connectivity index is 1.65. The Morgan fingerprint density at radius 2 is 1.80 bits per heavy atom. The zero-order chi connectivity index (χ0) is 17.8. The van der Waals surface area contributed by atoms with Gasteiger partial charge in [-0.25, -0.2) is 4.79 Å². The number of aromatic nitrogens is 2. The highest BCUT2D eigenvalue weighted by molar-refractivity contribution is 5.87. The number of anilines is 1. The summed E-state index contributed by atoms with van der Waals surface area (Å²) in [6, 6.07) is 12.3. The molecule has 9 nitrogen and oxygen atoms in total. The lowest BCUT2D eigenvalue weighted by Gasteiger charge is -2.02. The molecule has 0 saturated carbocycles. The van der Waals surface area contributed by atoms with Crippen molar-refractivity contribution < 1.29 is 19.2 Å². The van der Waals surface area contributed by atoms with Gasteiger partial charge < -0.3 is 14.8 Å². The van der Waals surface area contributed by atoms with Crippen molar-refractivity contribution in [3.8, 4) is 11.5 Å². The van der Waals surface area contributed by atoms with E-state index in [1.54, 1.807) is 12.1 Å². The van der Waals surface area contributed by atoms with E-state index in [-0.39, 0.29) is 23.2 Å². The van der Waals surface area contributed by atoms with Crippen LogP contribution in [0.1, 0.15) is 15.9 Å². The van der Waals surface area contributed by atoms with Gasteiger partial charge in [-0.2, -0.15) is 0 Å². The molecule has 2 N–H and O–H groups in total. The third-order valence-electron chi connectivity index (χ3n) is 3.39. The first-order valence-electron chi connectivity index (χ1n) is 7.17. The van der Waals surface area contributed by atoms with Crippen LogP contribution < -0.4 is 5.32 Å². The number of rotatable bonds is 6. The van der Waals surface area contributed by atoms with Crippen molar-refractivity contribution in [2.24, 2.45) is 0 Å². The molecule has 0 atom stereocenters. The van der Waals surface area contributed by atoms with Crippen LogP contribution >= 0.6 is 0 Å². The second-order valence-corrected chi connectivity index (χ2v) is 5.07. The minimum atomic E-state index is -0.982. The molecule has 3 rings (SSSR count). The fourth-order valence-corrected chi connectivity index (χ4v) is 2.08. The number of nitro groups is 1. The number of aromatic carboxylic acids is 1. The summed E-state index contributed by atoms with van der Waals surface area (Å²) in [6.07, 6.45) is 0. The predicted molar refractivity (Wildman–Crippen MR) is 87.1 cm³/mol. The Morgan fingerprint density at radius 1 is 1.12 bits per heavy atom. The molecule has 0 bridgehead atoms. The van der Waals surface area contributed by atoms with Crippen LogP contribution in [0.5, 0.6) is 0 Å². The van der Waals surface area contributed by atoms with Gasteiger partial charge in [0.1, 0.15) is 0 Å². The number of hydrogen-bond acceptors (Lipinski definition) is 7.